The SMILES string of the molecule is COC(C(c1cc(C#N)cc(C(F)(F)F)c1)C(C)OI)C(F)(F)F. The first kappa shape index (κ1) is 21.0. The van der Waals surface area contributed by atoms with Gasteiger partial charge in [0.15, 0.2) is 6.10 Å². The van der Waals surface area contributed by atoms with Crippen molar-refractivity contribution in [2.45, 2.75) is 37.4 Å². The van der Waals surface area contributed by atoms with E-state index in [1.807, 2.05) is 0 Å². The Morgan fingerprint density at radius 3 is 2.08 bits per heavy atom. The summed E-state index contributed by atoms with van der Waals surface area (Å²) in [4.78, 5) is 0. The first-order valence-electron chi connectivity index (χ1n) is 6.44. The Balaban J connectivity index is 3.57. The number of rotatable bonds is 5. The molecule has 0 saturated heterocycles. The summed E-state index contributed by atoms with van der Waals surface area (Å²) >= 11 is 1.37. The van der Waals surface area contributed by atoms with Gasteiger partial charge in [-0.3, -0.25) is 0 Å². The minimum atomic E-state index is -4.83. The third-order valence-electron chi connectivity index (χ3n) is 3.35. The Morgan fingerprint density at radius 1 is 1.12 bits per heavy atom. The molecule has 1 aromatic rings. The van der Waals surface area contributed by atoms with Crippen molar-refractivity contribution in [1.29, 1.82) is 5.26 Å². The molecule has 24 heavy (non-hydrogen) atoms. The van der Waals surface area contributed by atoms with E-state index in [0.717, 1.165) is 13.2 Å². The molecule has 134 valence electrons. The molecule has 0 heterocycles. The van der Waals surface area contributed by atoms with E-state index in [4.69, 9.17) is 8.33 Å². The van der Waals surface area contributed by atoms with E-state index < -0.39 is 41.6 Å². The third-order valence-corrected chi connectivity index (χ3v) is 4.15. The number of nitriles is 1. The number of hydrogen-bond acceptors (Lipinski definition) is 3. The van der Waals surface area contributed by atoms with Crippen molar-refractivity contribution >= 4 is 23.0 Å². The lowest BCUT2D eigenvalue weighted by Gasteiger charge is -2.31. The van der Waals surface area contributed by atoms with Crippen LogP contribution in [0.3, 0.4) is 0 Å². The van der Waals surface area contributed by atoms with Gasteiger partial charge in [0, 0.05) is 13.0 Å². The highest BCUT2D eigenvalue weighted by molar-refractivity contribution is 14.1. The highest BCUT2D eigenvalue weighted by atomic mass is 127. The molecule has 0 N–H and O–H groups in total. The van der Waals surface area contributed by atoms with Gasteiger partial charge in [-0.15, -0.1) is 0 Å². The van der Waals surface area contributed by atoms with Crippen LogP contribution in [0.4, 0.5) is 26.3 Å². The quantitative estimate of drug-likeness (QED) is 0.453. The molecule has 0 aliphatic rings. The smallest absolute Gasteiger partial charge is 0.371 e. The second kappa shape index (κ2) is 7.88. The fourth-order valence-electron chi connectivity index (χ4n) is 2.30. The lowest BCUT2D eigenvalue weighted by Crippen LogP contribution is -2.41. The molecule has 0 bridgehead atoms. The van der Waals surface area contributed by atoms with Crippen molar-refractivity contribution in [1.82, 2.24) is 0 Å². The van der Waals surface area contributed by atoms with Crippen molar-refractivity contribution < 1.29 is 34.1 Å². The van der Waals surface area contributed by atoms with Crippen molar-refractivity contribution in [3.05, 3.63) is 34.9 Å². The molecular weight excluding hydrogens is 455 g/mol. The number of halogens is 7. The zero-order chi connectivity index (χ0) is 18.7. The topological polar surface area (TPSA) is 42.2 Å². The maximum Gasteiger partial charge on any atom is 0.416 e. The molecule has 10 heteroatoms. The average Bonchev–Trinajstić information content (AvgIpc) is 2.48. The number of nitrogens with zero attached hydrogens (tertiary/aromatic N) is 1. The van der Waals surface area contributed by atoms with E-state index in [1.165, 1.54) is 36.0 Å². The van der Waals surface area contributed by atoms with Gasteiger partial charge >= 0.3 is 12.4 Å². The summed E-state index contributed by atoms with van der Waals surface area (Å²) in [6, 6.07) is 3.65. The normalized spacial score (nSPS) is 16.3. The predicted octanol–water partition coefficient (Wildman–Crippen LogP) is 4.99. The summed E-state index contributed by atoms with van der Waals surface area (Å²) in [5.41, 5.74) is -1.95. The van der Waals surface area contributed by atoms with Gasteiger partial charge in [0.2, 0.25) is 0 Å². The second-order valence-corrected chi connectivity index (χ2v) is 5.48. The fraction of sp³-hybridized carbons (Fsp3) is 0.500. The van der Waals surface area contributed by atoms with E-state index in [0.29, 0.717) is 12.1 Å². The zero-order valence-corrected chi connectivity index (χ0v) is 14.5. The van der Waals surface area contributed by atoms with Crippen LogP contribution in [-0.4, -0.2) is 25.5 Å². The number of methoxy groups -OCH3 is 1. The van der Waals surface area contributed by atoms with Gasteiger partial charge in [-0.2, -0.15) is 31.6 Å². The maximum atomic E-state index is 13.2. The second-order valence-electron chi connectivity index (χ2n) is 4.97. The van der Waals surface area contributed by atoms with Gasteiger partial charge in [-0.25, -0.2) is 0 Å². The van der Waals surface area contributed by atoms with Crippen LogP contribution in [0.2, 0.25) is 0 Å². The van der Waals surface area contributed by atoms with Crippen molar-refractivity contribution in [2.24, 2.45) is 0 Å². The third kappa shape index (κ3) is 4.97. The number of ether oxygens (including phenoxy) is 1. The minimum Gasteiger partial charge on any atom is -0.371 e. The summed E-state index contributed by atoms with van der Waals surface area (Å²) in [6.45, 7) is 1.28. The Morgan fingerprint density at radius 2 is 1.71 bits per heavy atom. The number of hydrogen-bond donors (Lipinski definition) is 0. The summed E-state index contributed by atoms with van der Waals surface area (Å²) in [5, 5.41) is 8.88. The summed E-state index contributed by atoms with van der Waals surface area (Å²) < 4.78 is 87.8. The summed E-state index contributed by atoms with van der Waals surface area (Å²) in [7, 11) is 0.809. The molecule has 3 nitrogen and oxygen atoms in total. The van der Waals surface area contributed by atoms with E-state index in [-0.39, 0.29) is 5.56 Å². The van der Waals surface area contributed by atoms with E-state index in [2.05, 4.69) is 4.74 Å². The van der Waals surface area contributed by atoms with Gasteiger partial charge in [0.1, 0.15) is 23.0 Å². The molecule has 3 unspecified atom stereocenters. The standard InChI is InChI=1S/C14H12F6INO2/c1-7(24-21)11(12(23-2)14(18,19)20)9-3-8(6-22)4-10(5-9)13(15,16)17/h3-5,7,11-12H,1-2H3. The molecule has 1 rings (SSSR count). The van der Waals surface area contributed by atoms with E-state index >= 15 is 0 Å². The largest absolute Gasteiger partial charge is 0.416 e. The van der Waals surface area contributed by atoms with Gasteiger partial charge in [0.25, 0.3) is 0 Å². The maximum absolute atomic E-state index is 13.2. The van der Waals surface area contributed by atoms with Crippen molar-refractivity contribution in [2.75, 3.05) is 7.11 Å². The van der Waals surface area contributed by atoms with Gasteiger partial charge in [0.05, 0.1) is 23.3 Å². The van der Waals surface area contributed by atoms with Crippen molar-refractivity contribution in [3.63, 3.8) is 0 Å². The summed E-state index contributed by atoms with van der Waals surface area (Å²) in [5.74, 6) is -1.58. The van der Waals surface area contributed by atoms with Crippen LogP contribution in [0.15, 0.2) is 18.2 Å². The lowest BCUT2D eigenvalue weighted by molar-refractivity contribution is -0.224. The molecule has 0 radical (unpaired) electrons. The first-order valence-corrected chi connectivity index (χ1v) is 7.33. The summed E-state index contributed by atoms with van der Waals surface area (Å²) in [6.07, 6.45) is -13.1. The lowest BCUT2D eigenvalue weighted by atomic mass is 9.86. The Labute approximate surface area is 148 Å². The van der Waals surface area contributed by atoms with Crippen LogP contribution < -0.4 is 0 Å². The number of alkyl halides is 6. The predicted molar refractivity (Wildman–Crippen MR) is 80.3 cm³/mol. The van der Waals surface area contributed by atoms with E-state index in [1.54, 1.807) is 0 Å². The molecular formula is C14H12F6INO2. The molecule has 1 aromatic carbocycles. The average molecular weight is 467 g/mol. The van der Waals surface area contributed by atoms with Crippen molar-refractivity contribution in [3.8, 4) is 6.07 Å². The van der Waals surface area contributed by atoms with Crippen LogP contribution in [0.1, 0.15) is 29.5 Å². The molecule has 0 aromatic heterocycles. The van der Waals surface area contributed by atoms with Crippen LogP contribution in [0.25, 0.3) is 0 Å². The Hall–Kier alpha value is -1.06. The van der Waals surface area contributed by atoms with Gasteiger partial charge < -0.3 is 7.80 Å². The minimum absolute atomic E-state index is 0.338. The molecule has 0 saturated carbocycles. The van der Waals surface area contributed by atoms with Crippen LogP contribution in [0.5, 0.6) is 0 Å². The van der Waals surface area contributed by atoms with Crippen LogP contribution in [-0.2, 0) is 14.0 Å². The van der Waals surface area contributed by atoms with E-state index in [9.17, 15) is 26.3 Å². The van der Waals surface area contributed by atoms with Crippen LogP contribution >= 0.6 is 23.0 Å². The first-order chi connectivity index (χ1) is 11.0. The number of benzene rings is 1. The highest BCUT2D eigenvalue weighted by Crippen LogP contribution is 2.40. The highest BCUT2D eigenvalue weighted by Gasteiger charge is 2.48. The Kier molecular flexibility index (Phi) is 6.89. The monoisotopic (exact) mass is 467 g/mol. The zero-order valence-electron chi connectivity index (χ0n) is 12.4. The molecule has 0 fully saturated rings. The molecule has 0 aliphatic carbocycles. The molecule has 0 spiro atoms. The molecule has 0 aliphatic heterocycles. The van der Waals surface area contributed by atoms with Gasteiger partial charge in [-0.05, 0) is 30.7 Å². The van der Waals surface area contributed by atoms with Gasteiger partial charge in [-0.1, -0.05) is 0 Å². The molecule has 0 amide bonds. The fourth-order valence-corrected chi connectivity index (χ4v) is 2.62. The van der Waals surface area contributed by atoms with Crippen LogP contribution in [0, 0.1) is 11.3 Å². The molecule has 3 atom stereocenters. The Bertz CT molecular complexity index is 611.